The lowest BCUT2D eigenvalue weighted by molar-refractivity contribution is 0.131. The van der Waals surface area contributed by atoms with Crippen LogP contribution in [-0.2, 0) is 11.3 Å². The summed E-state index contributed by atoms with van der Waals surface area (Å²) < 4.78 is 5.60. The van der Waals surface area contributed by atoms with Crippen LogP contribution in [0.2, 0.25) is 5.02 Å². The molecule has 0 aromatic carbocycles. The lowest BCUT2D eigenvalue weighted by Gasteiger charge is -2.41. The maximum atomic E-state index is 9.96. The number of nitrogens with zero attached hydrogens (tertiary/aromatic N) is 5. The Hall–Kier alpha value is -2.31. The first-order valence-corrected chi connectivity index (χ1v) is 9.98. The van der Waals surface area contributed by atoms with E-state index in [1.165, 1.54) is 6.20 Å². The van der Waals surface area contributed by atoms with E-state index >= 15 is 0 Å². The highest BCUT2D eigenvalue weighted by atomic mass is 35.5. The molecule has 2 saturated heterocycles. The van der Waals surface area contributed by atoms with Gasteiger partial charge in [0.15, 0.2) is 11.5 Å². The number of anilines is 1. The molecule has 0 radical (unpaired) electrons. The number of aliphatic hydroxyl groups excluding tert-OH is 1. The number of rotatable bonds is 3. The lowest BCUT2D eigenvalue weighted by Crippen LogP contribution is -2.49. The fourth-order valence-corrected chi connectivity index (χ4v) is 4.46. The molecule has 2 aliphatic heterocycles. The highest BCUT2D eigenvalue weighted by Gasteiger charge is 2.44. The minimum absolute atomic E-state index is 0.0382. The van der Waals surface area contributed by atoms with Crippen LogP contribution in [0.1, 0.15) is 29.9 Å². The zero-order valence-electron chi connectivity index (χ0n) is 16.2. The fraction of sp³-hybridized carbons (Fsp3) is 0.500. The molecule has 4 rings (SSSR count). The Kier molecular flexibility index (Phi) is 5.40. The number of hydrogen-bond donors (Lipinski definition) is 2. The standard InChI is InChI=1S/C20H23ClN6O2/c1-12-18(13-2-5-24-14(8-22)17(13)21)26-15(9-28)19(25-12)27-6-3-20(4-7-27)11-29-10-16(20)23/h2,5,16,28H,3-4,6-7,9-11,23H2,1H3/t16-/m1/s1. The van der Waals surface area contributed by atoms with Gasteiger partial charge in [0.25, 0.3) is 0 Å². The topological polar surface area (TPSA) is 121 Å². The van der Waals surface area contributed by atoms with Crippen molar-refractivity contribution in [3.05, 3.63) is 34.4 Å². The molecule has 2 aromatic rings. The molecule has 3 N–H and O–H groups in total. The number of halogens is 1. The molecule has 2 aromatic heterocycles. The van der Waals surface area contributed by atoms with Gasteiger partial charge in [0.05, 0.1) is 36.2 Å². The van der Waals surface area contributed by atoms with Crippen molar-refractivity contribution in [3.8, 4) is 17.3 Å². The number of nitriles is 1. The van der Waals surface area contributed by atoms with E-state index in [2.05, 4.69) is 14.9 Å². The maximum absolute atomic E-state index is 9.96. The van der Waals surface area contributed by atoms with E-state index in [0.29, 0.717) is 41.7 Å². The molecular weight excluding hydrogens is 392 g/mol. The van der Waals surface area contributed by atoms with E-state index in [4.69, 9.17) is 27.1 Å². The van der Waals surface area contributed by atoms with E-state index < -0.39 is 0 Å². The Morgan fingerprint density at radius 2 is 2.17 bits per heavy atom. The van der Waals surface area contributed by atoms with Crippen LogP contribution in [-0.4, -0.2) is 52.4 Å². The van der Waals surface area contributed by atoms with Crippen molar-refractivity contribution in [2.45, 2.75) is 32.4 Å². The molecule has 8 nitrogen and oxygen atoms in total. The van der Waals surface area contributed by atoms with E-state index in [1.807, 2.05) is 13.0 Å². The Morgan fingerprint density at radius 3 is 2.79 bits per heavy atom. The normalized spacial score (nSPS) is 20.8. The molecule has 152 valence electrons. The summed E-state index contributed by atoms with van der Waals surface area (Å²) in [6.07, 6.45) is 3.36. The summed E-state index contributed by atoms with van der Waals surface area (Å²) in [5.74, 6) is 0.682. The van der Waals surface area contributed by atoms with Crippen molar-refractivity contribution in [2.75, 3.05) is 31.2 Å². The largest absolute Gasteiger partial charge is 0.390 e. The van der Waals surface area contributed by atoms with Crippen LogP contribution in [0.25, 0.3) is 11.3 Å². The summed E-state index contributed by atoms with van der Waals surface area (Å²) in [4.78, 5) is 15.5. The zero-order chi connectivity index (χ0) is 20.6. The van der Waals surface area contributed by atoms with Gasteiger partial charge < -0.3 is 20.5 Å². The van der Waals surface area contributed by atoms with Gasteiger partial charge in [-0.25, -0.2) is 15.0 Å². The number of aliphatic hydroxyl groups is 1. The van der Waals surface area contributed by atoms with E-state index in [9.17, 15) is 10.4 Å². The van der Waals surface area contributed by atoms with Gasteiger partial charge in [0.1, 0.15) is 11.8 Å². The number of ether oxygens (including phenoxy) is 1. The summed E-state index contributed by atoms with van der Waals surface area (Å²) in [7, 11) is 0. The maximum Gasteiger partial charge on any atom is 0.159 e. The third-order valence-electron chi connectivity index (χ3n) is 6.05. The molecule has 0 saturated carbocycles. The van der Waals surface area contributed by atoms with Gasteiger partial charge in [-0.05, 0) is 25.8 Å². The predicted octanol–water partition coefficient (Wildman–Crippen LogP) is 1.81. The van der Waals surface area contributed by atoms with Gasteiger partial charge in [-0.15, -0.1) is 0 Å². The first-order valence-electron chi connectivity index (χ1n) is 9.60. The summed E-state index contributed by atoms with van der Waals surface area (Å²) >= 11 is 6.33. The van der Waals surface area contributed by atoms with E-state index in [-0.39, 0.29) is 28.8 Å². The summed E-state index contributed by atoms with van der Waals surface area (Å²) in [5.41, 5.74) is 8.74. The van der Waals surface area contributed by atoms with Crippen LogP contribution < -0.4 is 10.6 Å². The molecule has 1 spiro atoms. The summed E-state index contributed by atoms with van der Waals surface area (Å²) in [6, 6.07) is 3.75. The van der Waals surface area contributed by atoms with Crippen LogP contribution in [0.3, 0.4) is 0 Å². The monoisotopic (exact) mass is 414 g/mol. The highest BCUT2D eigenvalue weighted by Crippen LogP contribution is 2.40. The average Bonchev–Trinajstić information content (AvgIpc) is 3.08. The minimum atomic E-state index is -0.242. The SMILES string of the molecule is Cc1nc(N2CCC3(CC2)COC[C@H]3N)c(CO)nc1-c1ccnc(C#N)c1Cl. The lowest BCUT2D eigenvalue weighted by atomic mass is 9.75. The van der Waals surface area contributed by atoms with Crippen molar-refractivity contribution >= 4 is 17.4 Å². The zero-order valence-corrected chi connectivity index (χ0v) is 17.0. The third kappa shape index (κ3) is 3.45. The molecule has 1 atom stereocenters. The van der Waals surface area contributed by atoms with Crippen molar-refractivity contribution in [1.82, 2.24) is 15.0 Å². The first kappa shape index (κ1) is 20.0. The average molecular weight is 415 g/mol. The van der Waals surface area contributed by atoms with E-state index in [1.54, 1.807) is 6.07 Å². The summed E-state index contributed by atoms with van der Waals surface area (Å²) in [5, 5.41) is 19.4. The first-order chi connectivity index (χ1) is 14.0. The second-order valence-electron chi connectivity index (χ2n) is 7.69. The second-order valence-corrected chi connectivity index (χ2v) is 8.07. The van der Waals surface area contributed by atoms with Gasteiger partial charge in [-0.2, -0.15) is 5.26 Å². The molecule has 2 aliphatic rings. The van der Waals surface area contributed by atoms with Gasteiger partial charge in [0, 0.05) is 36.3 Å². The number of pyridine rings is 1. The quantitative estimate of drug-likeness (QED) is 0.779. The van der Waals surface area contributed by atoms with Gasteiger partial charge in [-0.1, -0.05) is 11.6 Å². The molecule has 2 fully saturated rings. The molecule has 29 heavy (non-hydrogen) atoms. The van der Waals surface area contributed by atoms with Gasteiger partial charge in [0.2, 0.25) is 0 Å². The Bertz CT molecular complexity index is 968. The smallest absolute Gasteiger partial charge is 0.159 e. The predicted molar refractivity (Wildman–Crippen MR) is 108 cm³/mol. The Labute approximate surface area is 174 Å². The molecule has 0 aliphatic carbocycles. The molecule has 0 unspecified atom stereocenters. The van der Waals surface area contributed by atoms with Crippen LogP contribution in [0.15, 0.2) is 12.3 Å². The fourth-order valence-electron chi connectivity index (χ4n) is 4.21. The molecule has 0 amide bonds. The van der Waals surface area contributed by atoms with Crippen molar-refractivity contribution in [3.63, 3.8) is 0 Å². The molecule has 9 heteroatoms. The number of aromatic nitrogens is 3. The number of hydrogen-bond acceptors (Lipinski definition) is 8. The summed E-state index contributed by atoms with van der Waals surface area (Å²) in [6.45, 7) is 4.50. The van der Waals surface area contributed by atoms with Gasteiger partial charge >= 0.3 is 0 Å². The minimum Gasteiger partial charge on any atom is -0.390 e. The number of aryl methyl sites for hydroxylation is 1. The van der Waals surface area contributed by atoms with Gasteiger partial charge in [-0.3, -0.25) is 0 Å². The highest BCUT2D eigenvalue weighted by molar-refractivity contribution is 6.34. The van der Waals surface area contributed by atoms with Crippen LogP contribution in [0.4, 0.5) is 5.82 Å². The Morgan fingerprint density at radius 1 is 1.41 bits per heavy atom. The van der Waals surface area contributed by atoms with Crippen LogP contribution in [0, 0.1) is 23.7 Å². The van der Waals surface area contributed by atoms with Crippen molar-refractivity contribution in [2.24, 2.45) is 11.1 Å². The number of piperidine rings is 1. The second kappa shape index (κ2) is 7.84. The van der Waals surface area contributed by atoms with Crippen LogP contribution in [0.5, 0.6) is 0 Å². The van der Waals surface area contributed by atoms with E-state index in [0.717, 1.165) is 25.9 Å². The molecule has 0 bridgehead atoms. The van der Waals surface area contributed by atoms with Crippen molar-refractivity contribution < 1.29 is 9.84 Å². The third-order valence-corrected chi connectivity index (χ3v) is 6.44. The number of nitrogens with two attached hydrogens (primary N) is 1. The molecule has 4 heterocycles. The molecular formula is C20H23ClN6O2. The van der Waals surface area contributed by atoms with Crippen LogP contribution >= 0.6 is 11.6 Å². The van der Waals surface area contributed by atoms with Crippen molar-refractivity contribution in [1.29, 1.82) is 5.26 Å². The Balaban J connectivity index is 1.65.